The van der Waals surface area contributed by atoms with Crippen molar-refractivity contribution in [2.75, 3.05) is 4.72 Å². The molecule has 2 heterocycles. The molecule has 0 radical (unpaired) electrons. The van der Waals surface area contributed by atoms with E-state index in [0.29, 0.717) is 28.2 Å². The molecule has 120 valence electrons. The van der Waals surface area contributed by atoms with Gasteiger partial charge in [0, 0.05) is 40.9 Å². The van der Waals surface area contributed by atoms with Crippen LogP contribution in [0.4, 0.5) is 5.69 Å². The Morgan fingerprint density at radius 1 is 1.26 bits per heavy atom. The van der Waals surface area contributed by atoms with E-state index in [4.69, 9.17) is 11.6 Å². The summed E-state index contributed by atoms with van der Waals surface area (Å²) < 4.78 is 29.1. The number of halogens is 1. The maximum Gasteiger partial charge on any atom is 0.264 e. The van der Waals surface area contributed by atoms with E-state index in [1.807, 2.05) is 6.92 Å². The lowest BCUT2D eigenvalue weighted by Crippen LogP contribution is -2.19. The minimum absolute atomic E-state index is 0.124. The van der Waals surface area contributed by atoms with Crippen LogP contribution in [0.25, 0.3) is 10.9 Å². The van der Waals surface area contributed by atoms with Gasteiger partial charge in [-0.3, -0.25) is 9.52 Å². The van der Waals surface area contributed by atoms with Crippen molar-refractivity contribution in [3.63, 3.8) is 0 Å². The Morgan fingerprint density at radius 3 is 2.78 bits per heavy atom. The number of H-pyrrole nitrogens is 1. The Balaban J connectivity index is 2.02. The lowest BCUT2D eigenvalue weighted by Gasteiger charge is -2.09. The largest absolute Gasteiger partial charge is 0.360 e. The zero-order chi connectivity index (χ0) is 16.6. The molecule has 3 rings (SSSR count). The van der Waals surface area contributed by atoms with Crippen LogP contribution in [0.1, 0.15) is 6.92 Å². The van der Waals surface area contributed by atoms with Gasteiger partial charge < -0.3 is 9.55 Å². The number of benzene rings is 1. The number of hydrogen-bond donors (Lipinski definition) is 2. The lowest BCUT2D eigenvalue weighted by molar-refractivity contribution is 0.602. The molecule has 23 heavy (non-hydrogen) atoms. The van der Waals surface area contributed by atoms with Gasteiger partial charge in [-0.1, -0.05) is 11.6 Å². The number of aromatic amines is 1. The Morgan fingerprint density at radius 2 is 2.04 bits per heavy atom. The second-order valence-electron chi connectivity index (χ2n) is 4.99. The van der Waals surface area contributed by atoms with Crippen LogP contribution in [-0.4, -0.2) is 18.0 Å². The standard InChI is InChI=1S/C15H14ClN3O3S/c1-2-19-9-11(4-6-15(19)20)18-23(21,22)14-8-17-13-7-10(16)3-5-12(13)14/h3-9,17-18H,2H2,1H3. The highest BCUT2D eigenvalue weighted by molar-refractivity contribution is 7.93. The molecule has 0 aliphatic rings. The number of pyridine rings is 1. The fourth-order valence-corrected chi connectivity index (χ4v) is 3.74. The average Bonchev–Trinajstić information content (AvgIpc) is 2.92. The van der Waals surface area contributed by atoms with Crippen LogP contribution in [-0.2, 0) is 16.6 Å². The van der Waals surface area contributed by atoms with Crippen LogP contribution in [0.3, 0.4) is 0 Å². The summed E-state index contributed by atoms with van der Waals surface area (Å²) in [5.41, 5.74) is 0.781. The molecular weight excluding hydrogens is 338 g/mol. The van der Waals surface area contributed by atoms with Gasteiger partial charge in [-0.05, 0) is 31.2 Å². The van der Waals surface area contributed by atoms with E-state index < -0.39 is 10.0 Å². The molecule has 0 amide bonds. The molecule has 0 atom stereocenters. The molecule has 0 aliphatic heterocycles. The zero-order valence-electron chi connectivity index (χ0n) is 12.2. The van der Waals surface area contributed by atoms with E-state index in [1.165, 1.54) is 29.1 Å². The van der Waals surface area contributed by atoms with Gasteiger partial charge in [0.15, 0.2) is 0 Å². The Hall–Kier alpha value is -2.25. The van der Waals surface area contributed by atoms with Gasteiger partial charge >= 0.3 is 0 Å². The van der Waals surface area contributed by atoms with Gasteiger partial charge in [0.05, 0.1) is 5.69 Å². The first-order chi connectivity index (χ1) is 10.9. The number of fused-ring (bicyclic) bond motifs is 1. The third kappa shape index (κ3) is 2.97. The number of sulfonamides is 1. The van der Waals surface area contributed by atoms with Crippen LogP contribution in [0.15, 0.2) is 52.4 Å². The Kier molecular flexibility index (Phi) is 3.91. The number of rotatable bonds is 4. The fourth-order valence-electron chi connectivity index (χ4n) is 2.34. The van der Waals surface area contributed by atoms with E-state index in [-0.39, 0.29) is 10.5 Å². The quantitative estimate of drug-likeness (QED) is 0.758. The van der Waals surface area contributed by atoms with Crippen LogP contribution in [0, 0.1) is 0 Å². The molecule has 1 aromatic carbocycles. The first-order valence-corrected chi connectivity index (χ1v) is 8.77. The molecule has 0 fully saturated rings. The molecule has 2 aromatic heterocycles. The van der Waals surface area contributed by atoms with Crippen molar-refractivity contribution < 1.29 is 8.42 Å². The molecule has 0 bridgehead atoms. The van der Waals surface area contributed by atoms with Crippen molar-refractivity contribution in [1.29, 1.82) is 0 Å². The van der Waals surface area contributed by atoms with Crippen molar-refractivity contribution in [1.82, 2.24) is 9.55 Å². The molecule has 6 nitrogen and oxygen atoms in total. The van der Waals surface area contributed by atoms with E-state index >= 15 is 0 Å². The van der Waals surface area contributed by atoms with E-state index in [1.54, 1.807) is 18.2 Å². The van der Waals surface area contributed by atoms with Gasteiger partial charge in [0.2, 0.25) is 0 Å². The van der Waals surface area contributed by atoms with Crippen LogP contribution in [0.5, 0.6) is 0 Å². The maximum atomic E-state index is 12.6. The molecular formula is C15H14ClN3O3S. The summed E-state index contributed by atoms with van der Waals surface area (Å²) in [6, 6.07) is 7.71. The molecule has 0 saturated carbocycles. The highest BCUT2D eigenvalue weighted by Gasteiger charge is 2.19. The van der Waals surface area contributed by atoms with Crippen molar-refractivity contribution >= 4 is 38.2 Å². The van der Waals surface area contributed by atoms with Crippen molar-refractivity contribution in [2.45, 2.75) is 18.4 Å². The SMILES string of the molecule is CCn1cc(NS(=O)(=O)c2c[nH]c3cc(Cl)ccc23)ccc1=O. The molecule has 8 heteroatoms. The predicted octanol–water partition coefficient (Wildman–Crippen LogP) is 2.80. The van der Waals surface area contributed by atoms with Crippen molar-refractivity contribution in [3.8, 4) is 0 Å². The molecule has 2 N–H and O–H groups in total. The normalized spacial score (nSPS) is 11.7. The summed E-state index contributed by atoms with van der Waals surface area (Å²) in [5, 5.41) is 1.07. The summed E-state index contributed by atoms with van der Waals surface area (Å²) in [7, 11) is -3.79. The van der Waals surface area contributed by atoms with Gasteiger partial charge in [0.25, 0.3) is 15.6 Å². The van der Waals surface area contributed by atoms with Crippen molar-refractivity contribution in [2.24, 2.45) is 0 Å². The topological polar surface area (TPSA) is 84.0 Å². The minimum Gasteiger partial charge on any atom is -0.360 e. The average molecular weight is 352 g/mol. The number of aromatic nitrogens is 2. The summed E-state index contributed by atoms with van der Waals surface area (Å²) in [6.07, 6.45) is 2.89. The van der Waals surface area contributed by atoms with Crippen LogP contribution < -0.4 is 10.3 Å². The third-order valence-electron chi connectivity index (χ3n) is 3.47. The van der Waals surface area contributed by atoms with Crippen LogP contribution in [0.2, 0.25) is 5.02 Å². The van der Waals surface area contributed by atoms with Crippen molar-refractivity contribution in [3.05, 3.63) is 58.1 Å². The highest BCUT2D eigenvalue weighted by Crippen LogP contribution is 2.26. The van der Waals surface area contributed by atoms with Gasteiger partial charge in [-0.2, -0.15) is 0 Å². The van der Waals surface area contributed by atoms with E-state index in [2.05, 4.69) is 9.71 Å². The predicted molar refractivity (Wildman–Crippen MR) is 90.5 cm³/mol. The number of hydrogen-bond acceptors (Lipinski definition) is 3. The number of anilines is 1. The second kappa shape index (κ2) is 5.75. The monoisotopic (exact) mass is 351 g/mol. The lowest BCUT2D eigenvalue weighted by atomic mass is 10.2. The number of nitrogens with one attached hydrogen (secondary N) is 2. The molecule has 0 aliphatic carbocycles. The number of aryl methyl sites for hydroxylation is 1. The fraction of sp³-hybridized carbons (Fsp3) is 0.133. The smallest absolute Gasteiger partial charge is 0.264 e. The van der Waals surface area contributed by atoms with E-state index in [0.717, 1.165) is 0 Å². The molecule has 0 saturated heterocycles. The first-order valence-electron chi connectivity index (χ1n) is 6.90. The van der Waals surface area contributed by atoms with Gasteiger partial charge in [-0.15, -0.1) is 0 Å². The summed E-state index contributed by atoms with van der Waals surface area (Å²) in [4.78, 5) is 14.6. The first kappa shape index (κ1) is 15.6. The Bertz CT molecular complexity index is 1040. The molecule has 3 aromatic rings. The Labute approximate surface area is 137 Å². The third-order valence-corrected chi connectivity index (χ3v) is 5.13. The molecule has 0 spiro atoms. The number of nitrogens with zero attached hydrogens (tertiary/aromatic N) is 1. The van der Waals surface area contributed by atoms with Crippen LogP contribution >= 0.6 is 11.6 Å². The molecule has 0 unspecified atom stereocenters. The van der Waals surface area contributed by atoms with Gasteiger partial charge in [-0.25, -0.2) is 8.42 Å². The highest BCUT2D eigenvalue weighted by atomic mass is 35.5. The van der Waals surface area contributed by atoms with E-state index in [9.17, 15) is 13.2 Å². The van der Waals surface area contributed by atoms with Gasteiger partial charge in [0.1, 0.15) is 4.90 Å². The zero-order valence-corrected chi connectivity index (χ0v) is 13.8. The minimum atomic E-state index is -3.79. The summed E-state index contributed by atoms with van der Waals surface area (Å²) >= 11 is 5.90. The second-order valence-corrected chi connectivity index (χ2v) is 7.08. The maximum absolute atomic E-state index is 12.6. The summed E-state index contributed by atoms with van der Waals surface area (Å²) in [5.74, 6) is 0. The summed E-state index contributed by atoms with van der Waals surface area (Å²) in [6.45, 7) is 2.27.